The number of benzene rings is 2. The van der Waals surface area contributed by atoms with Crippen molar-refractivity contribution >= 4 is 29.3 Å². The highest BCUT2D eigenvalue weighted by Crippen LogP contribution is 2.46. The largest absolute Gasteiger partial charge is 0.344 e. The fraction of sp³-hybridized carbons (Fsp3) is 0.348. The van der Waals surface area contributed by atoms with Gasteiger partial charge in [0.1, 0.15) is 6.54 Å². The van der Waals surface area contributed by atoms with E-state index in [0.717, 1.165) is 41.7 Å². The van der Waals surface area contributed by atoms with Crippen LogP contribution < -0.4 is 5.32 Å². The molecule has 1 atom stereocenters. The second-order valence-corrected chi connectivity index (χ2v) is 8.35. The van der Waals surface area contributed by atoms with E-state index >= 15 is 0 Å². The van der Waals surface area contributed by atoms with Gasteiger partial charge in [-0.15, -0.1) is 0 Å². The molecule has 1 N–H and O–H groups in total. The molecule has 0 radical (unpaired) electrons. The number of likely N-dealkylation sites (tertiary alicyclic amines) is 1. The van der Waals surface area contributed by atoms with Crippen LogP contribution in [0.1, 0.15) is 49.3 Å². The van der Waals surface area contributed by atoms with Crippen molar-refractivity contribution in [2.45, 2.75) is 38.1 Å². The van der Waals surface area contributed by atoms with E-state index in [2.05, 4.69) is 5.32 Å². The summed E-state index contributed by atoms with van der Waals surface area (Å²) in [6.45, 7) is -0.240. The molecule has 2 aromatic rings. The third kappa shape index (κ3) is 3.92. The standard InChI is InChI=1S/C23H23ClN2O3/c24-18-10-8-17(9-11-18)21(16-6-2-1-3-7-16)25-19(27)15-26-20(28)14-23(22(26)29)12-4-5-13-23/h1-3,6-11,21H,4-5,12-15H2,(H,25,27)/t21-/m0/s1. The predicted molar refractivity (Wildman–Crippen MR) is 110 cm³/mol. The van der Waals surface area contributed by atoms with Gasteiger partial charge in [-0.3, -0.25) is 19.3 Å². The molecular formula is C23H23ClN2O3. The molecule has 4 rings (SSSR count). The summed E-state index contributed by atoms with van der Waals surface area (Å²) in [7, 11) is 0. The van der Waals surface area contributed by atoms with Crippen LogP contribution in [0.4, 0.5) is 0 Å². The van der Waals surface area contributed by atoms with Gasteiger partial charge < -0.3 is 5.32 Å². The first kappa shape index (κ1) is 19.6. The smallest absolute Gasteiger partial charge is 0.240 e. The Morgan fingerprint density at radius 2 is 1.62 bits per heavy atom. The van der Waals surface area contributed by atoms with Crippen molar-refractivity contribution in [2.24, 2.45) is 5.41 Å². The topological polar surface area (TPSA) is 66.5 Å². The van der Waals surface area contributed by atoms with Gasteiger partial charge in [-0.2, -0.15) is 0 Å². The van der Waals surface area contributed by atoms with Gasteiger partial charge in [-0.25, -0.2) is 0 Å². The van der Waals surface area contributed by atoms with Crippen LogP contribution in [0.15, 0.2) is 54.6 Å². The first-order chi connectivity index (χ1) is 14.0. The molecular weight excluding hydrogens is 388 g/mol. The molecule has 150 valence electrons. The second kappa shape index (κ2) is 7.99. The first-order valence-corrected chi connectivity index (χ1v) is 10.3. The van der Waals surface area contributed by atoms with E-state index in [9.17, 15) is 14.4 Å². The molecule has 0 bridgehead atoms. The Bertz CT molecular complexity index is 921. The number of amides is 3. The van der Waals surface area contributed by atoms with Crippen LogP contribution in [-0.2, 0) is 14.4 Å². The van der Waals surface area contributed by atoms with Gasteiger partial charge in [-0.1, -0.05) is 66.9 Å². The van der Waals surface area contributed by atoms with E-state index in [0.29, 0.717) is 5.02 Å². The molecule has 1 aliphatic heterocycles. The summed E-state index contributed by atoms with van der Waals surface area (Å²) < 4.78 is 0. The molecule has 1 saturated heterocycles. The molecule has 5 nitrogen and oxygen atoms in total. The van der Waals surface area contributed by atoms with Gasteiger partial charge in [0.15, 0.2) is 0 Å². The van der Waals surface area contributed by atoms with Gasteiger partial charge in [-0.05, 0) is 36.1 Å². The average Bonchev–Trinajstić information content (AvgIpc) is 3.28. The minimum absolute atomic E-state index is 0.182. The number of hydrogen-bond donors (Lipinski definition) is 1. The van der Waals surface area contributed by atoms with Crippen molar-refractivity contribution in [1.29, 1.82) is 0 Å². The molecule has 0 unspecified atom stereocenters. The van der Waals surface area contributed by atoms with E-state index in [1.54, 1.807) is 12.1 Å². The number of hydrogen-bond acceptors (Lipinski definition) is 3. The molecule has 3 amide bonds. The average molecular weight is 411 g/mol. The molecule has 0 aromatic heterocycles. The van der Waals surface area contributed by atoms with Crippen molar-refractivity contribution in [2.75, 3.05) is 6.54 Å². The van der Waals surface area contributed by atoms with E-state index in [1.807, 2.05) is 42.5 Å². The van der Waals surface area contributed by atoms with Crippen LogP contribution in [0.5, 0.6) is 0 Å². The lowest BCUT2D eigenvalue weighted by molar-refractivity contribution is -0.144. The van der Waals surface area contributed by atoms with Crippen LogP contribution >= 0.6 is 11.6 Å². The maximum Gasteiger partial charge on any atom is 0.240 e. The van der Waals surface area contributed by atoms with Crippen molar-refractivity contribution in [3.63, 3.8) is 0 Å². The summed E-state index contributed by atoms with van der Waals surface area (Å²) in [4.78, 5) is 39.3. The van der Waals surface area contributed by atoms with Crippen LogP contribution in [0.25, 0.3) is 0 Å². The molecule has 2 fully saturated rings. The van der Waals surface area contributed by atoms with Crippen LogP contribution in [0.3, 0.4) is 0 Å². The first-order valence-electron chi connectivity index (χ1n) is 9.93. The van der Waals surface area contributed by atoms with Crippen LogP contribution in [-0.4, -0.2) is 29.2 Å². The molecule has 29 heavy (non-hydrogen) atoms. The molecule has 1 aliphatic carbocycles. The highest BCUT2D eigenvalue weighted by atomic mass is 35.5. The lowest BCUT2D eigenvalue weighted by Crippen LogP contribution is -2.43. The summed E-state index contributed by atoms with van der Waals surface area (Å²) in [5.41, 5.74) is 1.22. The molecule has 1 spiro atoms. The Morgan fingerprint density at radius 1 is 1.00 bits per heavy atom. The summed E-state index contributed by atoms with van der Waals surface area (Å²) in [6.07, 6.45) is 3.65. The summed E-state index contributed by atoms with van der Waals surface area (Å²) in [5, 5.41) is 3.60. The molecule has 6 heteroatoms. The van der Waals surface area contributed by atoms with Gasteiger partial charge in [0.05, 0.1) is 11.5 Å². The van der Waals surface area contributed by atoms with E-state index in [1.165, 1.54) is 0 Å². The number of carbonyl (C=O) groups is 3. The van der Waals surface area contributed by atoms with Crippen molar-refractivity contribution in [1.82, 2.24) is 10.2 Å². The summed E-state index contributed by atoms with van der Waals surface area (Å²) >= 11 is 6.00. The monoisotopic (exact) mass is 410 g/mol. The zero-order valence-electron chi connectivity index (χ0n) is 16.1. The SMILES string of the molecule is O=C(CN1C(=O)CC2(CCCC2)C1=O)N[C@@H](c1ccccc1)c1ccc(Cl)cc1. The van der Waals surface area contributed by atoms with Gasteiger partial charge in [0, 0.05) is 11.4 Å². The summed E-state index contributed by atoms with van der Waals surface area (Å²) in [5.74, 6) is -0.779. The Kier molecular flexibility index (Phi) is 5.41. The number of carbonyl (C=O) groups excluding carboxylic acids is 3. The van der Waals surface area contributed by atoms with E-state index in [-0.39, 0.29) is 30.7 Å². The molecule has 2 aromatic carbocycles. The lowest BCUT2D eigenvalue weighted by atomic mass is 9.84. The number of rotatable bonds is 5. The molecule has 2 aliphatic rings. The Morgan fingerprint density at radius 3 is 2.28 bits per heavy atom. The minimum Gasteiger partial charge on any atom is -0.344 e. The maximum atomic E-state index is 12.8. The van der Waals surface area contributed by atoms with Gasteiger partial charge in [0.25, 0.3) is 0 Å². The molecule has 1 saturated carbocycles. The van der Waals surface area contributed by atoms with Gasteiger partial charge in [0.2, 0.25) is 17.7 Å². The van der Waals surface area contributed by atoms with Crippen LogP contribution in [0, 0.1) is 5.41 Å². The van der Waals surface area contributed by atoms with Crippen molar-refractivity contribution in [3.05, 3.63) is 70.7 Å². The summed E-state index contributed by atoms with van der Waals surface area (Å²) in [6, 6.07) is 16.5. The number of imide groups is 1. The Hall–Kier alpha value is -2.66. The molecule has 1 heterocycles. The van der Waals surface area contributed by atoms with Gasteiger partial charge >= 0.3 is 0 Å². The van der Waals surface area contributed by atoms with Crippen molar-refractivity contribution in [3.8, 4) is 0 Å². The normalized spacial score (nSPS) is 19.0. The maximum absolute atomic E-state index is 12.8. The van der Waals surface area contributed by atoms with E-state index < -0.39 is 11.5 Å². The van der Waals surface area contributed by atoms with Crippen molar-refractivity contribution < 1.29 is 14.4 Å². The Labute approximate surface area is 175 Å². The highest BCUT2D eigenvalue weighted by molar-refractivity contribution is 6.30. The fourth-order valence-corrected chi connectivity index (χ4v) is 4.60. The number of nitrogens with zero attached hydrogens (tertiary/aromatic N) is 1. The third-order valence-corrected chi connectivity index (χ3v) is 6.25. The number of halogens is 1. The third-order valence-electron chi connectivity index (χ3n) is 5.99. The zero-order valence-corrected chi connectivity index (χ0v) is 16.8. The van der Waals surface area contributed by atoms with E-state index in [4.69, 9.17) is 11.6 Å². The van der Waals surface area contributed by atoms with Crippen LogP contribution in [0.2, 0.25) is 5.02 Å². The Balaban J connectivity index is 1.52. The zero-order chi connectivity index (χ0) is 20.4. The lowest BCUT2D eigenvalue weighted by Gasteiger charge is -2.23. The second-order valence-electron chi connectivity index (χ2n) is 7.91. The fourth-order valence-electron chi connectivity index (χ4n) is 4.47. The number of nitrogens with one attached hydrogen (secondary N) is 1. The quantitative estimate of drug-likeness (QED) is 0.761. The minimum atomic E-state index is -0.563. The predicted octanol–water partition coefficient (Wildman–Crippen LogP) is 3.86. The highest BCUT2D eigenvalue weighted by Gasteiger charge is 2.52.